The number of carbonyl (C=O) groups is 3. The molecule has 3 aromatic rings. The number of esters is 1. The fraction of sp³-hybridized carbons (Fsp3) is 0.304. The van der Waals surface area contributed by atoms with E-state index in [2.05, 4.69) is 10.3 Å². The van der Waals surface area contributed by atoms with E-state index in [1.807, 2.05) is 19.1 Å². The number of benzene rings is 1. The molecular weight excluding hydrogens is 398 g/mol. The van der Waals surface area contributed by atoms with E-state index in [0.29, 0.717) is 22.4 Å². The van der Waals surface area contributed by atoms with E-state index in [9.17, 15) is 14.4 Å². The Morgan fingerprint density at radius 3 is 2.68 bits per heavy atom. The van der Waals surface area contributed by atoms with E-state index in [1.54, 1.807) is 30.3 Å². The first kappa shape index (κ1) is 20.6. The summed E-state index contributed by atoms with van der Waals surface area (Å²) in [5, 5.41) is 3.43. The molecule has 1 N–H and O–H groups in total. The van der Waals surface area contributed by atoms with Gasteiger partial charge in [-0.15, -0.1) is 0 Å². The predicted octanol–water partition coefficient (Wildman–Crippen LogP) is 2.70. The molecule has 4 rings (SSSR count). The highest BCUT2D eigenvalue weighted by Gasteiger charge is 2.25. The lowest BCUT2D eigenvalue weighted by Gasteiger charge is -2.17. The molecule has 2 heterocycles. The number of nitrogens with zero attached hydrogens (tertiary/aromatic N) is 2. The number of fused-ring (bicyclic) bond motifs is 1. The number of para-hydroxylation sites is 1. The Hall–Kier alpha value is -3.68. The van der Waals surface area contributed by atoms with Crippen molar-refractivity contribution in [2.75, 3.05) is 20.2 Å². The van der Waals surface area contributed by atoms with Gasteiger partial charge in [-0.1, -0.05) is 18.2 Å². The zero-order valence-corrected chi connectivity index (χ0v) is 17.4. The molecular formula is C23H23N3O5. The Kier molecular flexibility index (Phi) is 5.70. The lowest BCUT2D eigenvalue weighted by molar-refractivity contribution is -0.137. The third-order valence-electron chi connectivity index (χ3n) is 5.00. The lowest BCUT2D eigenvalue weighted by Crippen LogP contribution is -2.40. The van der Waals surface area contributed by atoms with Crippen LogP contribution >= 0.6 is 0 Å². The average molecular weight is 421 g/mol. The Morgan fingerprint density at radius 1 is 1.19 bits per heavy atom. The molecule has 31 heavy (non-hydrogen) atoms. The van der Waals surface area contributed by atoms with Crippen LogP contribution in [0.2, 0.25) is 0 Å². The smallest absolute Gasteiger partial charge is 0.339 e. The molecule has 160 valence electrons. The summed E-state index contributed by atoms with van der Waals surface area (Å²) in [7, 11) is 1.50. The van der Waals surface area contributed by atoms with Gasteiger partial charge in [-0.25, -0.2) is 9.78 Å². The number of ether oxygens (including phenoxy) is 1. The quantitative estimate of drug-likeness (QED) is 0.589. The maximum absolute atomic E-state index is 12.8. The molecule has 8 heteroatoms. The molecule has 8 nitrogen and oxygen atoms in total. The molecule has 0 bridgehead atoms. The third-order valence-corrected chi connectivity index (χ3v) is 5.00. The fourth-order valence-electron chi connectivity index (χ4n) is 3.16. The van der Waals surface area contributed by atoms with Crippen LogP contribution in [-0.4, -0.2) is 53.9 Å². The minimum atomic E-state index is -0.646. The first-order chi connectivity index (χ1) is 14.9. The number of amides is 2. The van der Waals surface area contributed by atoms with Gasteiger partial charge in [0.05, 0.1) is 17.6 Å². The minimum Gasteiger partial charge on any atom is -0.460 e. The highest BCUT2D eigenvalue weighted by molar-refractivity contribution is 6.05. The fourth-order valence-corrected chi connectivity index (χ4v) is 3.16. The van der Waals surface area contributed by atoms with Crippen molar-refractivity contribution in [1.82, 2.24) is 15.2 Å². The minimum absolute atomic E-state index is 0.0763. The SMILES string of the molecule is Cc1ccc(-c2cc(C(=O)OCC(=O)N(C)CC(=O)NC3CC3)c3ccccc3n2)o1. The topological polar surface area (TPSA) is 102 Å². The van der Waals surface area contributed by atoms with Crippen LogP contribution in [0.5, 0.6) is 0 Å². The number of aromatic nitrogens is 1. The van der Waals surface area contributed by atoms with E-state index in [0.717, 1.165) is 18.6 Å². The highest BCUT2D eigenvalue weighted by atomic mass is 16.5. The second-order valence-electron chi connectivity index (χ2n) is 7.65. The Bertz CT molecular complexity index is 1150. The second-order valence-corrected chi connectivity index (χ2v) is 7.65. The van der Waals surface area contributed by atoms with Crippen molar-refractivity contribution < 1.29 is 23.5 Å². The van der Waals surface area contributed by atoms with Crippen molar-refractivity contribution in [3.05, 3.63) is 53.8 Å². The van der Waals surface area contributed by atoms with E-state index in [-0.39, 0.29) is 24.1 Å². The molecule has 1 aliphatic carbocycles. The first-order valence-corrected chi connectivity index (χ1v) is 10.1. The van der Waals surface area contributed by atoms with Gasteiger partial charge in [0.2, 0.25) is 5.91 Å². The van der Waals surface area contributed by atoms with Gasteiger partial charge in [0, 0.05) is 18.5 Å². The molecule has 0 spiro atoms. The summed E-state index contributed by atoms with van der Waals surface area (Å²) in [4.78, 5) is 42.8. The number of pyridine rings is 1. The summed E-state index contributed by atoms with van der Waals surface area (Å²) in [6.07, 6.45) is 1.95. The van der Waals surface area contributed by atoms with Crippen molar-refractivity contribution in [3.8, 4) is 11.5 Å². The summed E-state index contributed by atoms with van der Waals surface area (Å²) in [6, 6.07) is 12.6. The van der Waals surface area contributed by atoms with E-state index in [4.69, 9.17) is 9.15 Å². The number of likely N-dealkylation sites (N-methyl/N-ethyl adjacent to an activating group) is 1. The molecule has 1 saturated carbocycles. The van der Waals surface area contributed by atoms with Crippen LogP contribution in [-0.2, 0) is 14.3 Å². The Labute approximate surface area is 179 Å². The number of carbonyl (C=O) groups excluding carboxylic acids is 3. The molecule has 0 saturated heterocycles. The second kappa shape index (κ2) is 8.59. The van der Waals surface area contributed by atoms with Crippen LogP contribution in [0, 0.1) is 6.92 Å². The Morgan fingerprint density at radius 2 is 1.97 bits per heavy atom. The van der Waals surface area contributed by atoms with Gasteiger partial charge < -0.3 is 19.4 Å². The maximum atomic E-state index is 12.8. The van der Waals surface area contributed by atoms with Gasteiger partial charge in [0.1, 0.15) is 11.5 Å². The van der Waals surface area contributed by atoms with Crippen molar-refractivity contribution >= 4 is 28.7 Å². The van der Waals surface area contributed by atoms with Gasteiger partial charge in [-0.05, 0) is 44.0 Å². The zero-order valence-electron chi connectivity index (χ0n) is 17.4. The molecule has 1 aliphatic rings. The largest absolute Gasteiger partial charge is 0.460 e. The summed E-state index contributed by atoms with van der Waals surface area (Å²) in [5.74, 6) is -0.0572. The van der Waals surface area contributed by atoms with Crippen molar-refractivity contribution in [1.29, 1.82) is 0 Å². The van der Waals surface area contributed by atoms with Gasteiger partial charge in [-0.3, -0.25) is 9.59 Å². The van der Waals surface area contributed by atoms with Crippen molar-refractivity contribution in [3.63, 3.8) is 0 Å². The van der Waals surface area contributed by atoms with Gasteiger partial charge in [0.25, 0.3) is 5.91 Å². The molecule has 0 unspecified atom stereocenters. The number of furan rings is 1. The molecule has 0 atom stereocenters. The van der Waals surface area contributed by atoms with E-state index >= 15 is 0 Å². The van der Waals surface area contributed by atoms with Gasteiger partial charge in [0.15, 0.2) is 12.4 Å². The summed E-state index contributed by atoms with van der Waals surface area (Å²) < 4.78 is 10.9. The predicted molar refractivity (Wildman–Crippen MR) is 113 cm³/mol. The molecule has 1 fully saturated rings. The van der Waals surface area contributed by atoms with Crippen molar-refractivity contribution in [2.24, 2.45) is 0 Å². The number of nitrogens with one attached hydrogen (secondary N) is 1. The molecule has 2 aromatic heterocycles. The summed E-state index contributed by atoms with van der Waals surface area (Å²) >= 11 is 0. The standard InChI is InChI=1S/C23H23N3O5/c1-14-7-10-20(31-14)19-11-17(16-5-3-4-6-18(16)25-19)23(29)30-13-22(28)26(2)12-21(27)24-15-8-9-15/h3-7,10-11,15H,8-9,12-13H2,1-2H3,(H,24,27). The van der Waals surface area contributed by atoms with E-state index < -0.39 is 18.5 Å². The number of aryl methyl sites for hydroxylation is 1. The Balaban J connectivity index is 1.47. The van der Waals surface area contributed by atoms with Crippen LogP contribution in [0.25, 0.3) is 22.4 Å². The monoisotopic (exact) mass is 421 g/mol. The molecule has 0 radical (unpaired) electrons. The first-order valence-electron chi connectivity index (χ1n) is 10.1. The van der Waals surface area contributed by atoms with Crippen LogP contribution < -0.4 is 5.32 Å². The van der Waals surface area contributed by atoms with Crippen LogP contribution in [0.15, 0.2) is 46.9 Å². The number of hydrogen-bond donors (Lipinski definition) is 1. The average Bonchev–Trinajstić information content (AvgIpc) is 3.46. The molecule has 0 aliphatic heterocycles. The third kappa shape index (κ3) is 4.91. The van der Waals surface area contributed by atoms with E-state index in [1.165, 1.54) is 11.9 Å². The molecule has 1 aromatic carbocycles. The number of rotatable bonds is 7. The normalized spacial score (nSPS) is 13.1. The zero-order chi connectivity index (χ0) is 22.0. The van der Waals surface area contributed by atoms with Crippen LogP contribution in [0.1, 0.15) is 29.0 Å². The van der Waals surface area contributed by atoms with Crippen LogP contribution in [0.4, 0.5) is 0 Å². The number of hydrogen-bond acceptors (Lipinski definition) is 6. The van der Waals surface area contributed by atoms with Crippen molar-refractivity contribution in [2.45, 2.75) is 25.8 Å². The summed E-state index contributed by atoms with van der Waals surface area (Å²) in [5.41, 5.74) is 1.40. The van der Waals surface area contributed by atoms with Gasteiger partial charge in [-0.2, -0.15) is 0 Å². The van der Waals surface area contributed by atoms with Crippen LogP contribution in [0.3, 0.4) is 0 Å². The molecule has 2 amide bonds. The highest BCUT2D eigenvalue weighted by Crippen LogP contribution is 2.26. The summed E-state index contributed by atoms with van der Waals surface area (Å²) in [6.45, 7) is 1.29. The van der Waals surface area contributed by atoms with Gasteiger partial charge >= 0.3 is 5.97 Å². The lowest BCUT2D eigenvalue weighted by atomic mass is 10.1. The maximum Gasteiger partial charge on any atom is 0.339 e.